The minimum atomic E-state index is -1.20. The first-order valence-corrected chi connectivity index (χ1v) is 9.38. The van der Waals surface area contributed by atoms with E-state index in [0.717, 1.165) is 32.1 Å². The molecular formula is C20H26N2O4. The van der Waals surface area contributed by atoms with Gasteiger partial charge in [0.2, 0.25) is 5.91 Å². The van der Waals surface area contributed by atoms with Crippen molar-refractivity contribution in [1.82, 2.24) is 5.32 Å². The van der Waals surface area contributed by atoms with Gasteiger partial charge < -0.3 is 15.7 Å². The van der Waals surface area contributed by atoms with Crippen molar-refractivity contribution < 1.29 is 19.5 Å². The molecule has 6 heteroatoms. The lowest BCUT2D eigenvalue weighted by Gasteiger charge is -2.29. The number of carbonyl (C=O) groups excluding carboxylic acids is 2. The Morgan fingerprint density at radius 3 is 2.35 bits per heavy atom. The Morgan fingerprint density at radius 2 is 1.77 bits per heavy atom. The van der Waals surface area contributed by atoms with E-state index >= 15 is 0 Å². The summed E-state index contributed by atoms with van der Waals surface area (Å²) in [6.45, 7) is 2.03. The highest BCUT2D eigenvalue weighted by Gasteiger charge is 2.40. The molecule has 26 heavy (non-hydrogen) atoms. The lowest BCUT2D eigenvalue weighted by Crippen LogP contribution is -2.54. The minimum absolute atomic E-state index is 0.0270. The van der Waals surface area contributed by atoms with Gasteiger partial charge in [-0.3, -0.25) is 9.59 Å². The molecule has 3 rings (SSSR count). The van der Waals surface area contributed by atoms with Crippen molar-refractivity contribution in [2.45, 2.75) is 57.4 Å². The van der Waals surface area contributed by atoms with Crippen molar-refractivity contribution in [2.75, 3.05) is 5.32 Å². The zero-order valence-corrected chi connectivity index (χ0v) is 15.1. The average molecular weight is 358 g/mol. The molecule has 2 saturated carbocycles. The van der Waals surface area contributed by atoms with E-state index in [4.69, 9.17) is 0 Å². The van der Waals surface area contributed by atoms with E-state index in [0.29, 0.717) is 30.0 Å². The zero-order valence-electron chi connectivity index (χ0n) is 15.1. The molecule has 6 nitrogen and oxygen atoms in total. The maximum Gasteiger partial charge on any atom is 0.329 e. The van der Waals surface area contributed by atoms with Crippen LogP contribution in [0.5, 0.6) is 0 Å². The number of hydrogen-bond donors (Lipinski definition) is 3. The van der Waals surface area contributed by atoms with E-state index < -0.39 is 17.4 Å². The molecular weight excluding hydrogens is 332 g/mol. The molecule has 0 bridgehead atoms. The minimum Gasteiger partial charge on any atom is -0.480 e. The molecule has 0 spiro atoms. The highest BCUT2D eigenvalue weighted by molar-refractivity contribution is 6.00. The summed E-state index contributed by atoms with van der Waals surface area (Å²) in [5.74, 6) is -0.952. The molecule has 1 aromatic rings. The van der Waals surface area contributed by atoms with Gasteiger partial charge in [-0.05, 0) is 43.4 Å². The summed E-state index contributed by atoms with van der Waals surface area (Å²) >= 11 is 0. The molecule has 2 aliphatic carbocycles. The first kappa shape index (κ1) is 18.4. The van der Waals surface area contributed by atoms with Crippen LogP contribution in [0, 0.1) is 11.8 Å². The van der Waals surface area contributed by atoms with Gasteiger partial charge >= 0.3 is 5.97 Å². The number of aliphatic carboxylic acids is 1. The molecule has 2 amide bonds. The molecule has 0 heterocycles. The fourth-order valence-corrected chi connectivity index (χ4v) is 3.67. The van der Waals surface area contributed by atoms with E-state index in [1.54, 1.807) is 24.3 Å². The van der Waals surface area contributed by atoms with Crippen LogP contribution >= 0.6 is 0 Å². The van der Waals surface area contributed by atoms with Crippen LogP contribution in [0.15, 0.2) is 24.3 Å². The molecule has 0 aromatic heterocycles. The highest BCUT2D eigenvalue weighted by atomic mass is 16.4. The van der Waals surface area contributed by atoms with E-state index in [-0.39, 0.29) is 11.8 Å². The Balaban J connectivity index is 1.71. The molecule has 0 radical (unpaired) electrons. The Morgan fingerprint density at radius 1 is 1.12 bits per heavy atom. The molecule has 2 unspecified atom stereocenters. The van der Waals surface area contributed by atoms with Crippen molar-refractivity contribution in [1.29, 1.82) is 0 Å². The number of anilines is 1. The van der Waals surface area contributed by atoms with Gasteiger partial charge in [-0.15, -0.1) is 0 Å². The predicted molar refractivity (Wildman–Crippen MR) is 97.9 cm³/mol. The van der Waals surface area contributed by atoms with Crippen molar-refractivity contribution in [3.63, 3.8) is 0 Å². The van der Waals surface area contributed by atoms with E-state index in [2.05, 4.69) is 10.6 Å². The van der Waals surface area contributed by atoms with Crippen molar-refractivity contribution in [2.24, 2.45) is 11.8 Å². The summed E-state index contributed by atoms with van der Waals surface area (Å²) in [5, 5.41) is 15.3. The van der Waals surface area contributed by atoms with Crippen molar-refractivity contribution in [3.05, 3.63) is 29.8 Å². The number of carboxylic acid groups (broad SMARTS) is 1. The van der Waals surface area contributed by atoms with Gasteiger partial charge in [0.25, 0.3) is 5.91 Å². The van der Waals surface area contributed by atoms with Crippen LogP contribution in [-0.2, 0) is 9.59 Å². The number of benzene rings is 1. The zero-order chi connectivity index (χ0) is 18.7. The molecule has 3 N–H and O–H groups in total. The lowest BCUT2D eigenvalue weighted by molar-refractivity contribution is -0.145. The van der Waals surface area contributed by atoms with Crippen molar-refractivity contribution >= 4 is 23.5 Å². The number of amides is 2. The lowest BCUT2D eigenvalue weighted by atomic mass is 9.90. The largest absolute Gasteiger partial charge is 0.480 e. The molecule has 2 fully saturated rings. The summed E-state index contributed by atoms with van der Waals surface area (Å²) in [4.78, 5) is 36.6. The van der Waals surface area contributed by atoms with Gasteiger partial charge in [-0.2, -0.15) is 0 Å². The monoisotopic (exact) mass is 358 g/mol. The average Bonchev–Trinajstić information content (AvgIpc) is 3.38. The molecule has 140 valence electrons. The van der Waals surface area contributed by atoms with Gasteiger partial charge in [0.15, 0.2) is 0 Å². The molecule has 2 atom stereocenters. The molecule has 2 aliphatic rings. The Kier molecular flexibility index (Phi) is 5.30. The van der Waals surface area contributed by atoms with Gasteiger partial charge in [0.1, 0.15) is 5.54 Å². The number of carbonyl (C=O) groups is 3. The third-order valence-electron chi connectivity index (χ3n) is 5.56. The smallest absolute Gasteiger partial charge is 0.329 e. The van der Waals surface area contributed by atoms with Crippen LogP contribution in [0.25, 0.3) is 0 Å². The number of nitrogens with one attached hydrogen (secondary N) is 2. The third-order valence-corrected chi connectivity index (χ3v) is 5.56. The topological polar surface area (TPSA) is 95.5 Å². The standard InChI is InChI=1S/C20H26N2O4/c1-13-11-16(13)18(24)21-15-8-6-7-14(12-15)17(23)22-20(19(25)26)9-4-2-3-5-10-20/h6-8,12-13,16H,2-5,9-11H2,1H3,(H,21,24)(H,22,23)(H,25,26). The maximum absolute atomic E-state index is 12.7. The van der Waals surface area contributed by atoms with E-state index in [1.807, 2.05) is 6.92 Å². The summed E-state index contributed by atoms with van der Waals surface area (Å²) in [5.41, 5.74) is -0.278. The fourth-order valence-electron chi connectivity index (χ4n) is 3.67. The number of carboxylic acids is 1. The predicted octanol–water partition coefficient (Wildman–Crippen LogP) is 3.19. The Labute approximate surface area is 153 Å². The molecule has 0 saturated heterocycles. The van der Waals surface area contributed by atoms with Gasteiger partial charge in [0.05, 0.1) is 0 Å². The fraction of sp³-hybridized carbons (Fsp3) is 0.550. The van der Waals surface area contributed by atoms with E-state index in [1.165, 1.54) is 0 Å². The summed E-state index contributed by atoms with van der Waals surface area (Å²) < 4.78 is 0. The van der Waals surface area contributed by atoms with Crippen LogP contribution in [0.1, 0.15) is 62.2 Å². The third kappa shape index (κ3) is 4.06. The number of hydrogen-bond acceptors (Lipinski definition) is 3. The van der Waals surface area contributed by atoms with Crippen molar-refractivity contribution in [3.8, 4) is 0 Å². The second-order valence-electron chi connectivity index (χ2n) is 7.65. The van der Waals surface area contributed by atoms with Gasteiger partial charge in [0, 0.05) is 17.2 Å². The van der Waals surface area contributed by atoms with Crippen LogP contribution in [-0.4, -0.2) is 28.4 Å². The Bertz CT molecular complexity index is 708. The van der Waals surface area contributed by atoms with Crippen LogP contribution in [0.2, 0.25) is 0 Å². The van der Waals surface area contributed by atoms with Crippen LogP contribution in [0.3, 0.4) is 0 Å². The quantitative estimate of drug-likeness (QED) is 0.705. The maximum atomic E-state index is 12.7. The SMILES string of the molecule is CC1CC1C(=O)Nc1cccc(C(=O)NC2(C(=O)O)CCCCCC2)c1. The summed E-state index contributed by atoms with van der Waals surface area (Å²) in [6, 6.07) is 6.67. The van der Waals surface area contributed by atoms with Crippen LogP contribution < -0.4 is 10.6 Å². The summed E-state index contributed by atoms with van der Waals surface area (Å²) in [7, 11) is 0. The van der Waals surface area contributed by atoms with E-state index in [9.17, 15) is 19.5 Å². The summed E-state index contributed by atoms with van der Waals surface area (Å²) in [6.07, 6.45) is 5.36. The highest BCUT2D eigenvalue weighted by Crippen LogP contribution is 2.38. The first-order valence-electron chi connectivity index (χ1n) is 9.38. The second kappa shape index (κ2) is 7.48. The second-order valence-corrected chi connectivity index (χ2v) is 7.65. The molecule has 1 aromatic carbocycles. The normalized spacial score (nSPS) is 24.2. The first-order chi connectivity index (χ1) is 12.4. The molecule has 0 aliphatic heterocycles. The van der Waals surface area contributed by atoms with Gasteiger partial charge in [-0.25, -0.2) is 4.79 Å². The Hall–Kier alpha value is -2.37. The number of rotatable bonds is 5. The van der Waals surface area contributed by atoms with Crippen LogP contribution in [0.4, 0.5) is 5.69 Å². The van der Waals surface area contributed by atoms with Gasteiger partial charge in [-0.1, -0.05) is 38.7 Å².